The molecule has 2 aromatic rings. The van der Waals surface area contributed by atoms with E-state index in [2.05, 4.69) is 16.0 Å². The van der Waals surface area contributed by atoms with E-state index in [1.54, 1.807) is 31.3 Å². The molecule has 6 heteroatoms. The molecule has 6 nitrogen and oxygen atoms in total. The molecule has 118 valence electrons. The topological polar surface area (TPSA) is 79.5 Å². The molecule has 3 N–H and O–H groups in total. The smallest absolute Gasteiger partial charge is 0.318 e. The standard InChI is InChI=1S/C17H17N3O3/c1-18-17(22)20-13-8-6-12(7-9-13)19-16(21)15-10-11-4-2-3-5-14(11)23-15/h2-9,15H,10H2,1H3,(H,19,21)(H2,18,20,22). The van der Waals surface area contributed by atoms with Gasteiger partial charge in [-0.15, -0.1) is 0 Å². The number of urea groups is 1. The number of ether oxygens (including phenoxy) is 1. The minimum atomic E-state index is -0.518. The predicted molar refractivity (Wildman–Crippen MR) is 87.7 cm³/mol. The van der Waals surface area contributed by atoms with Crippen molar-refractivity contribution in [1.82, 2.24) is 5.32 Å². The van der Waals surface area contributed by atoms with Gasteiger partial charge in [0.05, 0.1) is 0 Å². The van der Waals surface area contributed by atoms with Gasteiger partial charge in [0.15, 0.2) is 6.10 Å². The summed E-state index contributed by atoms with van der Waals surface area (Å²) in [5.74, 6) is 0.575. The second kappa shape index (κ2) is 6.39. The summed E-state index contributed by atoms with van der Waals surface area (Å²) < 4.78 is 5.65. The van der Waals surface area contributed by atoms with Crippen LogP contribution in [-0.4, -0.2) is 25.1 Å². The fourth-order valence-electron chi connectivity index (χ4n) is 2.38. The Morgan fingerprint density at radius 3 is 2.30 bits per heavy atom. The van der Waals surface area contributed by atoms with Gasteiger partial charge in [0.2, 0.25) is 0 Å². The van der Waals surface area contributed by atoms with Gasteiger partial charge in [0, 0.05) is 24.8 Å². The van der Waals surface area contributed by atoms with Crippen LogP contribution in [0.3, 0.4) is 0 Å². The third kappa shape index (κ3) is 3.42. The Labute approximate surface area is 133 Å². The van der Waals surface area contributed by atoms with Crippen LogP contribution >= 0.6 is 0 Å². The predicted octanol–water partition coefficient (Wildman–Crippen LogP) is 2.38. The molecule has 0 aliphatic carbocycles. The number of hydrogen-bond donors (Lipinski definition) is 3. The first-order chi connectivity index (χ1) is 11.2. The van der Waals surface area contributed by atoms with Crippen molar-refractivity contribution in [2.45, 2.75) is 12.5 Å². The number of hydrogen-bond acceptors (Lipinski definition) is 3. The molecule has 0 saturated carbocycles. The molecule has 1 aliphatic heterocycles. The highest BCUT2D eigenvalue weighted by atomic mass is 16.5. The molecule has 1 aliphatic rings. The van der Waals surface area contributed by atoms with Crippen molar-refractivity contribution in [3.63, 3.8) is 0 Å². The number of amides is 3. The summed E-state index contributed by atoms with van der Waals surface area (Å²) in [5, 5.41) is 7.94. The zero-order chi connectivity index (χ0) is 16.2. The van der Waals surface area contributed by atoms with Crippen molar-refractivity contribution in [1.29, 1.82) is 0 Å². The minimum Gasteiger partial charge on any atom is -0.480 e. The molecule has 1 atom stereocenters. The maximum atomic E-state index is 12.3. The molecule has 3 amide bonds. The number of rotatable bonds is 3. The summed E-state index contributed by atoms with van der Waals surface area (Å²) in [4.78, 5) is 23.5. The number of carbonyl (C=O) groups is 2. The number of para-hydroxylation sites is 1. The van der Waals surface area contributed by atoms with E-state index in [4.69, 9.17) is 4.74 Å². The molecule has 0 fully saturated rings. The van der Waals surface area contributed by atoms with Gasteiger partial charge in [-0.2, -0.15) is 0 Å². The highest BCUT2D eigenvalue weighted by Gasteiger charge is 2.28. The van der Waals surface area contributed by atoms with Gasteiger partial charge >= 0.3 is 6.03 Å². The van der Waals surface area contributed by atoms with Crippen LogP contribution in [0.1, 0.15) is 5.56 Å². The highest BCUT2D eigenvalue weighted by Crippen LogP contribution is 2.28. The van der Waals surface area contributed by atoms with Gasteiger partial charge in [-0.25, -0.2) is 4.79 Å². The van der Waals surface area contributed by atoms with Gasteiger partial charge in [-0.1, -0.05) is 18.2 Å². The average molecular weight is 311 g/mol. The minimum absolute atomic E-state index is 0.187. The first kappa shape index (κ1) is 14.9. The second-order valence-corrected chi connectivity index (χ2v) is 5.19. The molecule has 3 rings (SSSR count). The van der Waals surface area contributed by atoms with Crippen LogP contribution in [-0.2, 0) is 11.2 Å². The van der Waals surface area contributed by atoms with Crippen LogP contribution in [0.25, 0.3) is 0 Å². The van der Waals surface area contributed by atoms with E-state index < -0.39 is 6.10 Å². The molecule has 2 aromatic carbocycles. The zero-order valence-electron chi connectivity index (χ0n) is 12.6. The lowest BCUT2D eigenvalue weighted by Crippen LogP contribution is -2.31. The molecule has 0 bridgehead atoms. The van der Waals surface area contributed by atoms with E-state index >= 15 is 0 Å². The second-order valence-electron chi connectivity index (χ2n) is 5.19. The summed E-state index contributed by atoms with van der Waals surface area (Å²) >= 11 is 0. The Balaban J connectivity index is 1.60. The lowest BCUT2D eigenvalue weighted by Gasteiger charge is -2.12. The average Bonchev–Trinajstić information content (AvgIpc) is 3.00. The summed E-state index contributed by atoms with van der Waals surface area (Å²) in [6.45, 7) is 0. The lowest BCUT2D eigenvalue weighted by molar-refractivity contribution is -0.122. The van der Waals surface area contributed by atoms with Crippen LogP contribution in [0.4, 0.5) is 16.2 Å². The Bertz CT molecular complexity index is 703. The number of anilines is 2. The lowest BCUT2D eigenvalue weighted by atomic mass is 10.1. The van der Waals surface area contributed by atoms with Gasteiger partial charge in [0.25, 0.3) is 5.91 Å². The van der Waals surface area contributed by atoms with Crippen LogP contribution in [0, 0.1) is 0 Å². The number of carbonyl (C=O) groups excluding carboxylic acids is 2. The maximum Gasteiger partial charge on any atom is 0.318 e. The molecule has 0 aromatic heterocycles. The van der Waals surface area contributed by atoms with E-state index in [-0.39, 0.29) is 11.9 Å². The summed E-state index contributed by atoms with van der Waals surface area (Å²) in [6.07, 6.45) is 0.0502. The van der Waals surface area contributed by atoms with E-state index in [1.807, 2.05) is 24.3 Å². The zero-order valence-corrected chi connectivity index (χ0v) is 12.6. The van der Waals surface area contributed by atoms with E-state index in [0.717, 1.165) is 11.3 Å². The van der Waals surface area contributed by atoms with E-state index in [9.17, 15) is 9.59 Å². The summed E-state index contributed by atoms with van der Waals surface area (Å²) in [7, 11) is 1.55. The number of fused-ring (bicyclic) bond motifs is 1. The normalized spacial score (nSPS) is 15.3. The molecule has 0 spiro atoms. The van der Waals surface area contributed by atoms with Gasteiger partial charge in [0.1, 0.15) is 5.75 Å². The Morgan fingerprint density at radius 2 is 1.65 bits per heavy atom. The molecule has 23 heavy (non-hydrogen) atoms. The van der Waals surface area contributed by atoms with Crippen molar-refractivity contribution in [3.05, 3.63) is 54.1 Å². The highest BCUT2D eigenvalue weighted by molar-refractivity contribution is 5.95. The van der Waals surface area contributed by atoms with E-state index in [0.29, 0.717) is 17.8 Å². The van der Waals surface area contributed by atoms with E-state index in [1.165, 1.54) is 0 Å². The monoisotopic (exact) mass is 311 g/mol. The molecular formula is C17H17N3O3. The maximum absolute atomic E-state index is 12.3. The van der Waals surface area contributed by atoms with Crippen molar-refractivity contribution >= 4 is 23.3 Å². The van der Waals surface area contributed by atoms with Crippen LogP contribution < -0.4 is 20.7 Å². The molecule has 0 radical (unpaired) electrons. The summed E-state index contributed by atoms with van der Waals surface area (Å²) in [5.41, 5.74) is 2.33. The fraction of sp³-hybridized carbons (Fsp3) is 0.176. The van der Waals surface area contributed by atoms with Crippen LogP contribution in [0.5, 0.6) is 5.75 Å². The van der Waals surface area contributed by atoms with Crippen LogP contribution in [0.2, 0.25) is 0 Å². The Kier molecular flexibility index (Phi) is 4.14. The third-order valence-corrected chi connectivity index (χ3v) is 3.58. The Morgan fingerprint density at radius 1 is 1.00 bits per heavy atom. The molecule has 1 heterocycles. The van der Waals surface area contributed by atoms with Crippen molar-refractivity contribution < 1.29 is 14.3 Å². The molecular weight excluding hydrogens is 294 g/mol. The van der Waals surface area contributed by atoms with Crippen molar-refractivity contribution in [2.75, 3.05) is 17.7 Å². The first-order valence-corrected chi connectivity index (χ1v) is 7.30. The van der Waals surface area contributed by atoms with Crippen molar-refractivity contribution in [3.8, 4) is 5.75 Å². The SMILES string of the molecule is CNC(=O)Nc1ccc(NC(=O)C2Cc3ccccc3O2)cc1. The Hall–Kier alpha value is -3.02. The van der Waals surface area contributed by atoms with Gasteiger partial charge in [-0.3, -0.25) is 4.79 Å². The quantitative estimate of drug-likeness (QED) is 0.814. The first-order valence-electron chi connectivity index (χ1n) is 7.30. The largest absolute Gasteiger partial charge is 0.480 e. The van der Waals surface area contributed by atoms with Crippen molar-refractivity contribution in [2.24, 2.45) is 0 Å². The molecule has 0 saturated heterocycles. The van der Waals surface area contributed by atoms with Crippen LogP contribution in [0.15, 0.2) is 48.5 Å². The number of benzene rings is 2. The molecule has 1 unspecified atom stereocenters. The fourth-order valence-corrected chi connectivity index (χ4v) is 2.38. The summed E-state index contributed by atoms with van der Waals surface area (Å²) in [6, 6.07) is 14.2. The third-order valence-electron chi connectivity index (χ3n) is 3.58. The number of nitrogens with one attached hydrogen (secondary N) is 3. The van der Waals surface area contributed by atoms with Gasteiger partial charge in [-0.05, 0) is 35.9 Å². The van der Waals surface area contributed by atoms with Gasteiger partial charge < -0.3 is 20.7 Å².